The fourth-order valence-corrected chi connectivity index (χ4v) is 0. The second kappa shape index (κ2) is 18.8. The Morgan fingerprint density at radius 2 is 1.00 bits per heavy atom. The van der Waals surface area contributed by atoms with Gasteiger partial charge in [-0.2, -0.15) is 9.90 Å². The van der Waals surface area contributed by atoms with Gasteiger partial charge in [-0.1, -0.05) is 0 Å². The number of rotatable bonds is 0. The van der Waals surface area contributed by atoms with E-state index in [0.717, 1.165) is 0 Å². The molecular formula is H5KOPSi. The van der Waals surface area contributed by atoms with E-state index in [1.807, 2.05) is 0 Å². The number of hydrogen-bond acceptors (Lipinski definition) is 0. The van der Waals surface area contributed by atoms with Crippen LogP contribution in [0.25, 0.3) is 0 Å². The molecule has 0 aliphatic heterocycles. The summed E-state index contributed by atoms with van der Waals surface area (Å²) < 4.78 is 0. The van der Waals surface area contributed by atoms with Crippen LogP contribution in [0, 0.1) is 0 Å². The Kier molecular flexibility index (Phi) is 160. The van der Waals surface area contributed by atoms with Crippen LogP contribution < -0.4 is 0 Å². The minimum atomic E-state index is 0. The molecule has 0 heterocycles. The fourth-order valence-electron chi connectivity index (χ4n) is 0. The first-order valence-corrected chi connectivity index (χ1v) is 0. The quantitative estimate of drug-likeness (QED) is 0.274. The van der Waals surface area contributed by atoms with Gasteiger partial charge >= 0.3 is 0 Å². The van der Waals surface area contributed by atoms with E-state index >= 15 is 0 Å². The van der Waals surface area contributed by atoms with Crippen LogP contribution >= 0.6 is 9.90 Å². The van der Waals surface area contributed by atoms with Crippen molar-refractivity contribution in [2.75, 3.05) is 0 Å². The van der Waals surface area contributed by atoms with Gasteiger partial charge in [0.15, 0.2) is 0 Å². The van der Waals surface area contributed by atoms with Crippen molar-refractivity contribution < 1.29 is 5.48 Å². The van der Waals surface area contributed by atoms with E-state index < -0.39 is 0 Å². The molecule has 4 heavy (non-hydrogen) atoms. The molecule has 0 rings (SSSR count). The predicted molar refractivity (Wildman–Crippen MR) is 26.2 cm³/mol. The summed E-state index contributed by atoms with van der Waals surface area (Å²) >= 11 is 0. The van der Waals surface area contributed by atoms with Gasteiger partial charge in [0.25, 0.3) is 0 Å². The first-order valence-electron chi connectivity index (χ1n) is 0. The van der Waals surface area contributed by atoms with Crippen LogP contribution in [0.2, 0.25) is 0 Å². The van der Waals surface area contributed by atoms with E-state index in [1.165, 1.54) is 0 Å². The molecule has 0 amide bonds. The molecule has 0 aromatic rings. The van der Waals surface area contributed by atoms with Crippen molar-refractivity contribution in [3.8, 4) is 0 Å². The summed E-state index contributed by atoms with van der Waals surface area (Å²) in [5, 5.41) is 0. The molecule has 0 aliphatic carbocycles. The Balaban J connectivity index is 0. The third kappa shape index (κ3) is 8.87. The maximum atomic E-state index is 0. The van der Waals surface area contributed by atoms with Crippen molar-refractivity contribution >= 4 is 72.2 Å². The Labute approximate surface area is 76.3 Å². The molecule has 0 bridgehead atoms. The molecule has 0 aliphatic rings. The summed E-state index contributed by atoms with van der Waals surface area (Å²) in [6.07, 6.45) is 0. The zero-order chi connectivity index (χ0) is 0. The van der Waals surface area contributed by atoms with Crippen molar-refractivity contribution in [2.24, 2.45) is 0 Å². The molecule has 21 valence electrons. The Bertz CT molecular complexity index is 8.00. The van der Waals surface area contributed by atoms with E-state index in [-0.39, 0.29) is 77.7 Å². The summed E-state index contributed by atoms with van der Waals surface area (Å²) in [6.45, 7) is 0. The maximum absolute atomic E-state index is 0. The van der Waals surface area contributed by atoms with Gasteiger partial charge in [-0.15, -0.1) is 0 Å². The molecule has 0 saturated heterocycles. The smallest absolute Gasteiger partial charge is 0 e. The monoisotopic (exact) mass is 119 g/mol. The normalized spacial score (nSPS) is 0. The molecule has 0 aromatic heterocycles. The van der Waals surface area contributed by atoms with Gasteiger partial charge < -0.3 is 5.48 Å². The van der Waals surface area contributed by atoms with E-state index in [4.69, 9.17) is 0 Å². The van der Waals surface area contributed by atoms with Gasteiger partial charge in [-0.25, -0.2) is 0 Å². The van der Waals surface area contributed by atoms with E-state index in [1.54, 1.807) is 0 Å². The van der Waals surface area contributed by atoms with Gasteiger partial charge in [0.1, 0.15) is 0 Å². The van der Waals surface area contributed by atoms with Crippen LogP contribution in [0.15, 0.2) is 0 Å². The zero-order valence-corrected chi connectivity index (χ0v) is 8.24. The van der Waals surface area contributed by atoms with Crippen molar-refractivity contribution in [1.29, 1.82) is 0 Å². The molecule has 5 radical (unpaired) electrons. The van der Waals surface area contributed by atoms with Crippen LogP contribution in [0.5, 0.6) is 0 Å². The average molecular weight is 119 g/mol. The fraction of sp³-hybridized carbons (Fsp3) is 0. The summed E-state index contributed by atoms with van der Waals surface area (Å²) in [5.41, 5.74) is 0. The van der Waals surface area contributed by atoms with Crippen LogP contribution in [-0.2, 0) is 0 Å². The molecule has 1 atom stereocenters. The summed E-state index contributed by atoms with van der Waals surface area (Å²) in [7, 11) is 0. The van der Waals surface area contributed by atoms with Crippen molar-refractivity contribution in [3.05, 3.63) is 0 Å². The van der Waals surface area contributed by atoms with Crippen molar-refractivity contribution in [1.82, 2.24) is 0 Å². The van der Waals surface area contributed by atoms with E-state index in [9.17, 15) is 0 Å². The minimum absolute atomic E-state index is 0. The molecular weight excluding hydrogens is 114 g/mol. The van der Waals surface area contributed by atoms with Gasteiger partial charge in [0.05, 0.1) is 0 Å². The Hall–Kier alpha value is 2.24. The summed E-state index contributed by atoms with van der Waals surface area (Å²) in [5.74, 6) is 0. The predicted octanol–water partition coefficient (Wildman–Crippen LogP) is -1.53. The molecule has 0 spiro atoms. The average Bonchev–Trinajstić information content (AvgIpc) is 0. The Morgan fingerprint density at radius 3 is 1.00 bits per heavy atom. The molecule has 0 saturated carbocycles. The van der Waals surface area contributed by atoms with Crippen LogP contribution in [0.1, 0.15) is 0 Å². The van der Waals surface area contributed by atoms with Crippen LogP contribution in [0.3, 0.4) is 0 Å². The molecule has 2 N–H and O–H groups in total. The third-order valence-corrected chi connectivity index (χ3v) is 0. The maximum Gasteiger partial charge on any atom is 0 e. The molecule has 1 nitrogen and oxygen atoms in total. The van der Waals surface area contributed by atoms with E-state index in [0.29, 0.717) is 0 Å². The second-order valence-corrected chi connectivity index (χ2v) is 0. The largest absolute Gasteiger partial charge is 0.412 e. The Morgan fingerprint density at radius 1 is 1.00 bits per heavy atom. The molecule has 0 aromatic carbocycles. The molecule has 4 heteroatoms. The standard InChI is InChI=1S/K.H2O.H3P.Si/h;1H2;1H3;. The van der Waals surface area contributed by atoms with Gasteiger partial charge in [0.2, 0.25) is 0 Å². The molecule has 1 unspecified atom stereocenters. The van der Waals surface area contributed by atoms with Gasteiger partial charge in [-0.3, -0.25) is 0 Å². The van der Waals surface area contributed by atoms with Crippen molar-refractivity contribution in [2.45, 2.75) is 0 Å². The SMILES string of the molecule is O.P.[K].[Si]. The minimum Gasteiger partial charge on any atom is -0.412 e. The first kappa shape index (κ1) is 34.1. The topological polar surface area (TPSA) is 31.5 Å². The van der Waals surface area contributed by atoms with Crippen LogP contribution in [-0.4, -0.2) is 67.8 Å². The van der Waals surface area contributed by atoms with Gasteiger partial charge in [-0.05, 0) is 0 Å². The zero-order valence-electron chi connectivity index (χ0n) is 2.71. The molecule has 0 fully saturated rings. The first-order chi connectivity index (χ1) is 0. The summed E-state index contributed by atoms with van der Waals surface area (Å²) in [4.78, 5) is 0. The van der Waals surface area contributed by atoms with Crippen molar-refractivity contribution in [3.63, 3.8) is 0 Å². The third-order valence-electron chi connectivity index (χ3n) is 0. The summed E-state index contributed by atoms with van der Waals surface area (Å²) in [6, 6.07) is 0. The van der Waals surface area contributed by atoms with Gasteiger partial charge in [0, 0.05) is 62.3 Å². The second-order valence-electron chi connectivity index (χ2n) is 0. The number of hydrogen-bond donors (Lipinski definition) is 0. The van der Waals surface area contributed by atoms with E-state index in [2.05, 4.69) is 0 Å². The van der Waals surface area contributed by atoms with Crippen LogP contribution in [0.4, 0.5) is 0 Å².